The average Bonchev–Trinajstić information content (AvgIpc) is 3.21. The van der Waals surface area contributed by atoms with Gasteiger partial charge in [-0.1, -0.05) is 6.07 Å². The Balaban J connectivity index is 1.48. The summed E-state index contributed by atoms with van der Waals surface area (Å²) in [5.41, 5.74) is 4.02. The van der Waals surface area contributed by atoms with Gasteiger partial charge in [0.25, 0.3) is 0 Å². The second kappa shape index (κ2) is 9.31. The molecule has 2 aliphatic rings. The molecule has 180 valence electrons. The van der Waals surface area contributed by atoms with Crippen molar-refractivity contribution in [3.63, 3.8) is 0 Å². The molecular formula is C27H26N2O6. The normalized spacial score (nSPS) is 15.8. The third kappa shape index (κ3) is 4.17. The van der Waals surface area contributed by atoms with Crippen molar-refractivity contribution in [2.45, 2.75) is 20.0 Å². The maximum atomic E-state index is 13.4. The molecule has 0 aliphatic carbocycles. The minimum absolute atomic E-state index is 0.168. The number of aromatic nitrogens is 1. The van der Waals surface area contributed by atoms with E-state index >= 15 is 0 Å². The highest BCUT2D eigenvalue weighted by atomic mass is 16.5. The van der Waals surface area contributed by atoms with E-state index in [-0.39, 0.29) is 11.5 Å². The van der Waals surface area contributed by atoms with Crippen molar-refractivity contribution in [3.8, 4) is 28.7 Å². The minimum Gasteiger partial charge on any atom is -0.493 e. The molecule has 8 heteroatoms. The first-order valence-corrected chi connectivity index (χ1v) is 11.2. The molecule has 2 aromatic carbocycles. The molecule has 0 atom stereocenters. The lowest BCUT2D eigenvalue weighted by atomic mass is 9.98. The van der Waals surface area contributed by atoms with Crippen LogP contribution in [0.25, 0.3) is 6.08 Å². The lowest BCUT2D eigenvalue weighted by Crippen LogP contribution is -2.31. The number of carbonyl (C=O) groups is 1. The molecule has 0 saturated carbocycles. The summed E-state index contributed by atoms with van der Waals surface area (Å²) in [6.07, 6.45) is 5.28. The van der Waals surface area contributed by atoms with Gasteiger partial charge in [-0.2, -0.15) is 0 Å². The van der Waals surface area contributed by atoms with E-state index in [1.54, 1.807) is 45.7 Å². The number of benzene rings is 2. The first-order chi connectivity index (χ1) is 17.0. The van der Waals surface area contributed by atoms with E-state index in [0.29, 0.717) is 53.9 Å². The minimum atomic E-state index is -0.168. The summed E-state index contributed by atoms with van der Waals surface area (Å²) in [6.45, 7) is 3.62. The maximum absolute atomic E-state index is 13.4. The maximum Gasteiger partial charge on any atom is 0.232 e. The summed E-state index contributed by atoms with van der Waals surface area (Å²) >= 11 is 0. The second-order valence-electron chi connectivity index (χ2n) is 8.39. The number of ether oxygens (including phenoxy) is 5. The van der Waals surface area contributed by atoms with E-state index in [2.05, 4.69) is 9.88 Å². The van der Waals surface area contributed by atoms with Gasteiger partial charge in [0.05, 0.1) is 32.5 Å². The number of nitrogens with zero attached hydrogens (tertiary/aromatic N) is 2. The molecule has 0 fully saturated rings. The molecule has 35 heavy (non-hydrogen) atoms. The molecule has 8 nitrogen and oxygen atoms in total. The van der Waals surface area contributed by atoms with Crippen LogP contribution in [-0.4, -0.2) is 43.7 Å². The van der Waals surface area contributed by atoms with Crippen LogP contribution in [0.15, 0.2) is 48.5 Å². The van der Waals surface area contributed by atoms with Crippen LogP contribution in [0, 0.1) is 6.92 Å². The third-order valence-corrected chi connectivity index (χ3v) is 6.10. The van der Waals surface area contributed by atoms with Crippen molar-refractivity contribution in [2.75, 3.05) is 28.1 Å². The van der Waals surface area contributed by atoms with Crippen molar-refractivity contribution in [2.24, 2.45) is 0 Å². The average molecular weight is 475 g/mol. The van der Waals surface area contributed by atoms with Crippen molar-refractivity contribution in [3.05, 3.63) is 76.3 Å². The monoisotopic (exact) mass is 474 g/mol. The van der Waals surface area contributed by atoms with Crippen LogP contribution < -0.4 is 23.7 Å². The fourth-order valence-electron chi connectivity index (χ4n) is 4.46. The smallest absolute Gasteiger partial charge is 0.232 e. The molecule has 0 radical (unpaired) electrons. The zero-order valence-corrected chi connectivity index (χ0v) is 20.1. The number of carbonyl (C=O) groups excluding carboxylic acids is 1. The van der Waals surface area contributed by atoms with E-state index < -0.39 is 0 Å². The lowest BCUT2D eigenvalue weighted by molar-refractivity contribution is 0.0871. The summed E-state index contributed by atoms with van der Waals surface area (Å²) in [4.78, 5) is 19.7. The Hall–Kier alpha value is -4.04. The molecule has 2 aliphatic heterocycles. The van der Waals surface area contributed by atoms with Gasteiger partial charge >= 0.3 is 0 Å². The number of aryl methyl sites for hydroxylation is 1. The number of Topliss-reactive ketones (excluding diaryl/α,β-unsaturated/α-hetero) is 1. The molecule has 0 saturated heterocycles. The summed E-state index contributed by atoms with van der Waals surface area (Å²) in [5, 5.41) is 0. The Kier molecular flexibility index (Phi) is 6.05. The highest BCUT2D eigenvalue weighted by Gasteiger charge is 2.35. The van der Waals surface area contributed by atoms with E-state index in [0.717, 1.165) is 22.4 Å². The van der Waals surface area contributed by atoms with Gasteiger partial charge in [-0.25, -0.2) is 0 Å². The van der Waals surface area contributed by atoms with Gasteiger partial charge in [-0.05, 0) is 54.0 Å². The number of allylic oxidation sites excluding steroid dienone is 1. The fourth-order valence-corrected chi connectivity index (χ4v) is 4.46. The van der Waals surface area contributed by atoms with Gasteiger partial charge in [0, 0.05) is 25.5 Å². The van der Waals surface area contributed by atoms with Crippen LogP contribution in [0.3, 0.4) is 0 Å². The molecular weight excluding hydrogens is 448 g/mol. The number of methoxy groups -OCH3 is 3. The Morgan fingerprint density at radius 3 is 2.54 bits per heavy atom. The quantitative estimate of drug-likeness (QED) is 0.487. The van der Waals surface area contributed by atoms with Crippen LogP contribution in [-0.2, 0) is 13.1 Å². The first kappa shape index (κ1) is 22.7. The number of hydrogen-bond acceptors (Lipinski definition) is 8. The standard InChI is InChI=1S/C27H26N2O6/c1-16-8-20-19(14-29(15-34-20)13-17-6-5-7-28-12-17)26-24(16)25(30)21(35-26)9-18-10-22(31-2)27(33-4)23(11-18)32-3/h5-12H,13-15H2,1-4H3/b21-9-. The topological polar surface area (TPSA) is 79.4 Å². The van der Waals surface area contributed by atoms with Gasteiger partial charge in [0.2, 0.25) is 11.5 Å². The van der Waals surface area contributed by atoms with Gasteiger partial charge in [-0.15, -0.1) is 0 Å². The van der Waals surface area contributed by atoms with Gasteiger partial charge in [0.15, 0.2) is 17.3 Å². The molecule has 0 N–H and O–H groups in total. The fraction of sp³-hybridized carbons (Fsp3) is 0.259. The van der Waals surface area contributed by atoms with Crippen molar-refractivity contribution < 1.29 is 28.5 Å². The Morgan fingerprint density at radius 1 is 1.11 bits per heavy atom. The van der Waals surface area contributed by atoms with Crippen molar-refractivity contribution >= 4 is 11.9 Å². The van der Waals surface area contributed by atoms with Crippen LogP contribution in [0.5, 0.6) is 28.7 Å². The summed E-state index contributed by atoms with van der Waals surface area (Å²) < 4.78 is 28.5. The first-order valence-electron chi connectivity index (χ1n) is 11.2. The lowest BCUT2D eigenvalue weighted by Gasteiger charge is -2.30. The molecule has 0 spiro atoms. The van der Waals surface area contributed by atoms with E-state index in [1.807, 2.05) is 31.3 Å². The van der Waals surface area contributed by atoms with Crippen LogP contribution in [0.2, 0.25) is 0 Å². The zero-order valence-electron chi connectivity index (χ0n) is 20.1. The van der Waals surface area contributed by atoms with Crippen LogP contribution in [0.1, 0.15) is 32.6 Å². The van der Waals surface area contributed by atoms with E-state index in [9.17, 15) is 4.79 Å². The SMILES string of the molecule is COc1cc(/C=C2\Oc3c4c(cc(C)c3C2=O)OCN(Cc2cccnc2)C4)cc(OC)c1OC. The molecule has 5 rings (SSSR count). The van der Waals surface area contributed by atoms with E-state index in [4.69, 9.17) is 23.7 Å². The summed E-state index contributed by atoms with van der Waals surface area (Å²) in [5.74, 6) is 2.83. The molecule has 0 amide bonds. The zero-order chi connectivity index (χ0) is 24.5. The van der Waals surface area contributed by atoms with Crippen molar-refractivity contribution in [1.82, 2.24) is 9.88 Å². The molecule has 0 unspecified atom stereocenters. The highest BCUT2D eigenvalue weighted by Crippen LogP contribution is 2.45. The predicted octanol–water partition coefficient (Wildman–Crippen LogP) is 4.38. The Bertz CT molecular complexity index is 1290. The molecule has 3 aromatic rings. The summed E-state index contributed by atoms with van der Waals surface area (Å²) in [7, 11) is 4.65. The predicted molar refractivity (Wildman–Crippen MR) is 129 cm³/mol. The number of fused-ring (bicyclic) bond motifs is 3. The number of rotatable bonds is 6. The third-order valence-electron chi connectivity index (χ3n) is 6.10. The number of ketones is 1. The van der Waals surface area contributed by atoms with Gasteiger partial charge in [0.1, 0.15) is 18.2 Å². The van der Waals surface area contributed by atoms with Crippen LogP contribution >= 0.6 is 0 Å². The molecule has 0 bridgehead atoms. The summed E-state index contributed by atoms with van der Waals surface area (Å²) in [6, 6.07) is 9.40. The Morgan fingerprint density at radius 2 is 1.89 bits per heavy atom. The number of hydrogen-bond donors (Lipinski definition) is 0. The van der Waals surface area contributed by atoms with Gasteiger partial charge in [-0.3, -0.25) is 14.7 Å². The molecule has 1 aromatic heterocycles. The Labute approximate surface area is 203 Å². The van der Waals surface area contributed by atoms with E-state index in [1.165, 1.54) is 0 Å². The molecule has 3 heterocycles. The van der Waals surface area contributed by atoms with Gasteiger partial charge < -0.3 is 23.7 Å². The number of pyridine rings is 1. The second-order valence-corrected chi connectivity index (χ2v) is 8.39. The van der Waals surface area contributed by atoms with Crippen molar-refractivity contribution in [1.29, 1.82) is 0 Å². The highest BCUT2D eigenvalue weighted by molar-refractivity contribution is 6.16. The van der Waals surface area contributed by atoms with Crippen LogP contribution in [0.4, 0.5) is 0 Å². The largest absolute Gasteiger partial charge is 0.493 e.